The molecule has 0 bridgehead atoms. The molecule has 0 aliphatic carbocycles. The lowest BCUT2D eigenvalue weighted by Crippen LogP contribution is -2.44. The Morgan fingerprint density at radius 2 is 2.00 bits per heavy atom. The molecule has 0 saturated carbocycles. The number of alkyl halides is 2. The predicted octanol–water partition coefficient (Wildman–Crippen LogP) is 0.840. The number of halogens is 2. The van der Waals surface area contributed by atoms with E-state index >= 15 is 0 Å². The van der Waals surface area contributed by atoms with Gasteiger partial charge in [-0.1, -0.05) is 0 Å². The highest BCUT2D eigenvalue weighted by Gasteiger charge is 2.44. The second-order valence-electron chi connectivity index (χ2n) is 6.78. The van der Waals surface area contributed by atoms with Gasteiger partial charge in [0.1, 0.15) is 11.8 Å². The fourth-order valence-corrected chi connectivity index (χ4v) is 3.37. The van der Waals surface area contributed by atoms with E-state index in [2.05, 4.69) is 0 Å². The minimum absolute atomic E-state index is 0.00816. The monoisotopic (exact) mass is 292 g/mol. The number of nitrogens with zero attached hydrogens (tertiary/aromatic N) is 2. The van der Waals surface area contributed by atoms with E-state index in [0.717, 1.165) is 0 Å². The minimum atomic E-state index is -1.41. The molecule has 0 aromatic rings. The molecule has 118 valence electrons. The van der Waals surface area contributed by atoms with E-state index < -0.39 is 11.8 Å². The van der Waals surface area contributed by atoms with Crippen LogP contribution in [0, 0.1) is 0 Å². The van der Waals surface area contributed by atoms with Crippen molar-refractivity contribution in [2.75, 3.05) is 47.0 Å². The van der Waals surface area contributed by atoms with Crippen molar-refractivity contribution in [3.05, 3.63) is 0 Å². The van der Waals surface area contributed by atoms with E-state index in [9.17, 15) is 13.9 Å². The average molecular weight is 292 g/mol. The zero-order chi connectivity index (χ0) is 15.0. The van der Waals surface area contributed by atoms with Crippen LogP contribution in [0.5, 0.6) is 0 Å². The Bertz CT molecular complexity index is 347. The number of likely N-dealkylation sites (tertiary alicyclic amines) is 2. The summed E-state index contributed by atoms with van der Waals surface area (Å²) < 4.78 is 33.6. The Morgan fingerprint density at radius 1 is 1.30 bits per heavy atom. The molecule has 2 aliphatic heterocycles. The fraction of sp³-hybridized carbons (Fsp3) is 1.00. The summed E-state index contributed by atoms with van der Waals surface area (Å²) in [4.78, 5) is 3.77. The number of aliphatic hydroxyl groups excluding tert-OH is 1. The van der Waals surface area contributed by atoms with Crippen LogP contribution < -0.4 is 0 Å². The highest BCUT2D eigenvalue weighted by Crippen LogP contribution is 2.32. The number of hydrogen-bond donors (Lipinski definition) is 1. The summed E-state index contributed by atoms with van der Waals surface area (Å²) in [6, 6.07) is -0.136. The molecule has 0 aromatic carbocycles. The molecule has 2 saturated heterocycles. The van der Waals surface area contributed by atoms with E-state index in [1.165, 1.54) is 0 Å². The van der Waals surface area contributed by atoms with Gasteiger partial charge in [0, 0.05) is 37.5 Å². The Kier molecular flexibility index (Phi) is 4.69. The van der Waals surface area contributed by atoms with Gasteiger partial charge in [-0.25, -0.2) is 8.78 Å². The van der Waals surface area contributed by atoms with Gasteiger partial charge in [0.2, 0.25) is 0 Å². The molecule has 20 heavy (non-hydrogen) atoms. The van der Waals surface area contributed by atoms with E-state index in [4.69, 9.17) is 4.74 Å². The van der Waals surface area contributed by atoms with E-state index in [1.807, 2.05) is 30.8 Å². The van der Waals surface area contributed by atoms with Crippen LogP contribution in [0.4, 0.5) is 8.78 Å². The SMILES string of the molecule is CN1CC(F)(COCC2(C)CC(F)CN2C)CC1CO. The number of aliphatic hydroxyl groups is 1. The maximum atomic E-state index is 14.6. The molecule has 0 spiro atoms. The molecular weight excluding hydrogens is 266 g/mol. The summed E-state index contributed by atoms with van der Waals surface area (Å²) in [6.07, 6.45) is -0.107. The van der Waals surface area contributed by atoms with Crippen LogP contribution in [0.3, 0.4) is 0 Å². The van der Waals surface area contributed by atoms with E-state index in [0.29, 0.717) is 19.6 Å². The second-order valence-corrected chi connectivity index (χ2v) is 6.78. The molecule has 4 unspecified atom stereocenters. The maximum absolute atomic E-state index is 14.6. The molecule has 2 rings (SSSR count). The first kappa shape index (κ1) is 16.1. The molecule has 0 aromatic heterocycles. The summed E-state index contributed by atoms with van der Waals surface area (Å²) in [7, 11) is 3.68. The minimum Gasteiger partial charge on any atom is -0.395 e. The predicted molar refractivity (Wildman–Crippen MR) is 73.3 cm³/mol. The summed E-state index contributed by atoms with van der Waals surface area (Å²) >= 11 is 0. The quantitative estimate of drug-likeness (QED) is 0.814. The molecule has 6 heteroatoms. The van der Waals surface area contributed by atoms with Gasteiger partial charge in [0.05, 0.1) is 19.8 Å². The normalized spacial score (nSPS) is 43.5. The van der Waals surface area contributed by atoms with Crippen LogP contribution in [0.1, 0.15) is 19.8 Å². The molecule has 4 nitrogen and oxygen atoms in total. The third kappa shape index (κ3) is 3.30. The highest BCUT2D eigenvalue weighted by molar-refractivity contribution is 4.97. The van der Waals surface area contributed by atoms with Crippen molar-refractivity contribution in [2.45, 2.75) is 43.2 Å². The van der Waals surface area contributed by atoms with Crippen molar-refractivity contribution in [1.29, 1.82) is 0 Å². The maximum Gasteiger partial charge on any atom is 0.148 e. The van der Waals surface area contributed by atoms with Crippen LogP contribution in [-0.4, -0.2) is 85.3 Å². The number of rotatable bonds is 5. The molecular formula is C14H26F2N2O2. The van der Waals surface area contributed by atoms with Gasteiger partial charge in [-0.2, -0.15) is 0 Å². The third-order valence-corrected chi connectivity index (χ3v) is 4.80. The largest absolute Gasteiger partial charge is 0.395 e. The van der Waals surface area contributed by atoms with E-state index in [1.54, 1.807) is 0 Å². The fourth-order valence-electron chi connectivity index (χ4n) is 3.37. The van der Waals surface area contributed by atoms with Crippen molar-refractivity contribution in [2.24, 2.45) is 0 Å². The number of hydrogen-bond acceptors (Lipinski definition) is 4. The molecule has 2 heterocycles. The van der Waals surface area contributed by atoms with Gasteiger partial charge in [-0.15, -0.1) is 0 Å². The van der Waals surface area contributed by atoms with Crippen molar-refractivity contribution in [3.8, 4) is 0 Å². The van der Waals surface area contributed by atoms with Crippen molar-refractivity contribution in [1.82, 2.24) is 9.80 Å². The molecule has 4 atom stereocenters. The Balaban J connectivity index is 1.81. The van der Waals surface area contributed by atoms with Crippen molar-refractivity contribution < 1.29 is 18.6 Å². The van der Waals surface area contributed by atoms with Gasteiger partial charge < -0.3 is 9.84 Å². The standard InChI is InChI=1S/C14H26F2N2O2/c1-13(4-11(15)6-18(13)3)9-20-10-14(16)5-12(7-19)17(2)8-14/h11-12,19H,4-10H2,1-3H3. The molecule has 0 radical (unpaired) electrons. The van der Waals surface area contributed by atoms with Crippen LogP contribution in [0.2, 0.25) is 0 Å². The zero-order valence-corrected chi connectivity index (χ0v) is 12.6. The molecule has 0 amide bonds. The van der Waals surface area contributed by atoms with Gasteiger partial charge in [-0.05, 0) is 21.0 Å². The lowest BCUT2D eigenvalue weighted by Gasteiger charge is -2.32. The Labute approximate surface area is 119 Å². The van der Waals surface area contributed by atoms with E-state index in [-0.39, 0.29) is 37.8 Å². The Hall–Kier alpha value is -0.300. The lowest BCUT2D eigenvalue weighted by atomic mass is 9.99. The van der Waals surface area contributed by atoms with Gasteiger partial charge in [-0.3, -0.25) is 9.80 Å². The summed E-state index contributed by atoms with van der Waals surface area (Å²) in [5.74, 6) is 0. The second kappa shape index (κ2) is 5.83. The van der Waals surface area contributed by atoms with Crippen molar-refractivity contribution >= 4 is 0 Å². The zero-order valence-electron chi connectivity index (χ0n) is 12.6. The van der Waals surface area contributed by atoms with Gasteiger partial charge in [0.15, 0.2) is 0 Å². The molecule has 2 aliphatic rings. The number of likely N-dealkylation sites (N-methyl/N-ethyl adjacent to an activating group) is 2. The summed E-state index contributed by atoms with van der Waals surface area (Å²) in [6.45, 7) is 2.95. The van der Waals surface area contributed by atoms with Crippen LogP contribution >= 0.6 is 0 Å². The summed E-state index contributed by atoms with van der Waals surface area (Å²) in [5, 5.41) is 9.17. The van der Waals surface area contributed by atoms with Crippen LogP contribution in [-0.2, 0) is 4.74 Å². The molecule has 1 N–H and O–H groups in total. The topological polar surface area (TPSA) is 35.9 Å². The first-order chi connectivity index (χ1) is 9.28. The third-order valence-electron chi connectivity index (χ3n) is 4.80. The first-order valence-corrected chi connectivity index (χ1v) is 7.21. The lowest BCUT2D eigenvalue weighted by molar-refractivity contribution is -0.0213. The highest BCUT2D eigenvalue weighted by atomic mass is 19.1. The van der Waals surface area contributed by atoms with Gasteiger partial charge >= 0.3 is 0 Å². The smallest absolute Gasteiger partial charge is 0.148 e. The van der Waals surface area contributed by atoms with Crippen molar-refractivity contribution in [3.63, 3.8) is 0 Å². The van der Waals surface area contributed by atoms with Crippen LogP contribution in [0.15, 0.2) is 0 Å². The summed E-state index contributed by atoms with van der Waals surface area (Å²) in [5.41, 5.74) is -1.76. The average Bonchev–Trinajstić information content (AvgIpc) is 2.76. The number of ether oxygens (including phenoxy) is 1. The first-order valence-electron chi connectivity index (χ1n) is 7.21. The van der Waals surface area contributed by atoms with Gasteiger partial charge in [0.25, 0.3) is 0 Å². The van der Waals surface area contributed by atoms with Crippen LogP contribution in [0.25, 0.3) is 0 Å². The Morgan fingerprint density at radius 3 is 2.50 bits per heavy atom. The molecule has 2 fully saturated rings.